The number of hydrogen-bond donors (Lipinski definition) is 3. The molecular weight excluding hydrogens is 280 g/mol. The first kappa shape index (κ1) is 20.9. The molecule has 0 spiro atoms. The molecule has 0 aliphatic carbocycles. The maximum atomic E-state index is 10.3. The largest absolute Gasteiger partial charge is 0.481 e. The van der Waals surface area contributed by atoms with E-state index in [0.29, 0.717) is 25.7 Å². The Bertz CT molecular complexity index is 323. The van der Waals surface area contributed by atoms with Crippen molar-refractivity contribution >= 4 is 5.97 Å². The third kappa shape index (κ3) is 15.3. The number of carboxylic acids is 1. The molecule has 4 nitrogen and oxygen atoms in total. The first-order valence-corrected chi connectivity index (χ1v) is 8.45. The second-order valence-electron chi connectivity index (χ2n) is 5.73. The predicted molar refractivity (Wildman–Crippen MR) is 89.8 cm³/mol. The zero-order chi connectivity index (χ0) is 16.6. The number of allylic oxidation sites excluding steroid dienone is 3. The van der Waals surface area contributed by atoms with Gasteiger partial charge in [-0.2, -0.15) is 0 Å². The Hall–Kier alpha value is -1.13. The van der Waals surface area contributed by atoms with Crippen LogP contribution in [0.4, 0.5) is 0 Å². The van der Waals surface area contributed by atoms with Crippen molar-refractivity contribution in [3.63, 3.8) is 0 Å². The monoisotopic (exact) mass is 312 g/mol. The topological polar surface area (TPSA) is 77.8 Å². The molecule has 0 radical (unpaired) electrons. The van der Waals surface area contributed by atoms with Gasteiger partial charge < -0.3 is 15.3 Å². The van der Waals surface area contributed by atoms with E-state index in [1.165, 1.54) is 19.3 Å². The molecule has 0 unspecified atom stereocenters. The van der Waals surface area contributed by atoms with E-state index in [4.69, 9.17) is 5.11 Å². The molecule has 0 aliphatic rings. The van der Waals surface area contributed by atoms with Crippen molar-refractivity contribution in [2.24, 2.45) is 0 Å². The second-order valence-corrected chi connectivity index (χ2v) is 5.73. The van der Waals surface area contributed by atoms with Gasteiger partial charge in [0.15, 0.2) is 0 Å². The normalized spacial score (nSPS) is 14.7. The van der Waals surface area contributed by atoms with Crippen molar-refractivity contribution in [3.8, 4) is 0 Å². The fourth-order valence-corrected chi connectivity index (χ4v) is 2.17. The number of aliphatic carboxylic acids is 1. The van der Waals surface area contributed by atoms with Gasteiger partial charge in [-0.3, -0.25) is 4.79 Å². The van der Waals surface area contributed by atoms with Crippen molar-refractivity contribution in [2.75, 3.05) is 0 Å². The fourth-order valence-electron chi connectivity index (χ4n) is 2.17. The van der Waals surface area contributed by atoms with Crippen LogP contribution in [0, 0.1) is 0 Å². The maximum Gasteiger partial charge on any atom is 0.303 e. The molecule has 0 heterocycles. The van der Waals surface area contributed by atoms with Crippen molar-refractivity contribution in [2.45, 2.75) is 83.3 Å². The van der Waals surface area contributed by atoms with Gasteiger partial charge in [0.2, 0.25) is 0 Å². The minimum Gasteiger partial charge on any atom is -0.481 e. The molecular formula is C18H32O4. The maximum absolute atomic E-state index is 10.3. The number of hydrogen-bond acceptors (Lipinski definition) is 3. The van der Waals surface area contributed by atoms with Crippen LogP contribution in [0.5, 0.6) is 0 Å². The molecule has 0 aromatic heterocycles. The van der Waals surface area contributed by atoms with E-state index in [-0.39, 0.29) is 6.42 Å². The van der Waals surface area contributed by atoms with Crippen molar-refractivity contribution < 1.29 is 20.1 Å². The van der Waals surface area contributed by atoms with Gasteiger partial charge in [0, 0.05) is 12.8 Å². The standard InChI is InChI=1S/C18H32O4/c1-2-3-4-5-6-7-8-9-12-16(19)15-17(20)13-10-11-14-18(21)22/h6-7,9,12,16-17,19-20H,2-5,8,10-11,13-15H2,1H3,(H,21,22)/b7-6-,12-9-/t16-,17+/m0/s1. The smallest absolute Gasteiger partial charge is 0.303 e. The lowest BCUT2D eigenvalue weighted by atomic mass is 10.0. The Kier molecular flexibility index (Phi) is 14.0. The summed E-state index contributed by atoms with van der Waals surface area (Å²) in [4.78, 5) is 10.3. The minimum absolute atomic E-state index is 0.139. The average Bonchev–Trinajstić information content (AvgIpc) is 2.46. The highest BCUT2D eigenvalue weighted by molar-refractivity contribution is 5.66. The first-order valence-electron chi connectivity index (χ1n) is 8.45. The van der Waals surface area contributed by atoms with Crippen LogP contribution < -0.4 is 0 Å². The zero-order valence-electron chi connectivity index (χ0n) is 13.8. The van der Waals surface area contributed by atoms with E-state index in [9.17, 15) is 15.0 Å². The number of unbranched alkanes of at least 4 members (excludes halogenated alkanes) is 4. The molecule has 22 heavy (non-hydrogen) atoms. The van der Waals surface area contributed by atoms with Crippen LogP contribution in [0.25, 0.3) is 0 Å². The van der Waals surface area contributed by atoms with E-state index in [2.05, 4.69) is 19.1 Å². The molecule has 128 valence electrons. The quantitative estimate of drug-likeness (QED) is 0.336. The molecule has 0 saturated carbocycles. The summed E-state index contributed by atoms with van der Waals surface area (Å²) < 4.78 is 0. The number of aliphatic hydroxyl groups excluding tert-OH is 2. The zero-order valence-corrected chi connectivity index (χ0v) is 13.8. The lowest BCUT2D eigenvalue weighted by Gasteiger charge is -2.12. The summed E-state index contributed by atoms with van der Waals surface area (Å²) in [5.41, 5.74) is 0. The Morgan fingerprint density at radius 3 is 2.50 bits per heavy atom. The second kappa shape index (κ2) is 14.8. The highest BCUT2D eigenvalue weighted by Crippen LogP contribution is 2.10. The molecule has 0 aliphatic heterocycles. The molecule has 0 aromatic rings. The molecule has 0 aromatic carbocycles. The van der Waals surface area contributed by atoms with Crippen LogP contribution in [0.3, 0.4) is 0 Å². The lowest BCUT2D eigenvalue weighted by molar-refractivity contribution is -0.137. The summed E-state index contributed by atoms with van der Waals surface area (Å²) in [5.74, 6) is -0.805. The van der Waals surface area contributed by atoms with Crippen molar-refractivity contribution in [3.05, 3.63) is 24.3 Å². The van der Waals surface area contributed by atoms with Crippen molar-refractivity contribution in [1.82, 2.24) is 0 Å². The van der Waals surface area contributed by atoms with Crippen LogP contribution >= 0.6 is 0 Å². The molecule has 0 fully saturated rings. The van der Waals surface area contributed by atoms with Gasteiger partial charge in [0.25, 0.3) is 0 Å². The highest BCUT2D eigenvalue weighted by Gasteiger charge is 2.09. The van der Waals surface area contributed by atoms with E-state index < -0.39 is 18.2 Å². The van der Waals surface area contributed by atoms with Crippen LogP contribution in [0.15, 0.2) is 24.3 Å². The Labute approximate surface area is 134 Å². The van der Waals surface area contributed by atoms with Crippen LogP contribution in [-0.2, 0) is 4.79 Å². The first-order chi connectivity index (χ1) is 10.6. The van der Waals surface area contributed by atoms with Gasteiger partial charge in [0.1, 0.15) is 0 Å². The number of carbonyl (C=O) groups is 1. The van der Waals surface area contributed by atoms with Gasteiger partial charge in [-0.15, -0.1) is 0 Å². The van der Waals surface area contributed by atoms with Crippen LogP contribution in [0.2, 0.25) is 0 Å². The van der Waals surface area contributed by atoms with Gasteiger partial charge in [-0.05, 0) is 32.1 Å². The average molecular weight is 312 g/mol. The minimum atomic E-state index is -0.805. The summed E-state index contributed by atoms with van der Waals surface area (Å²) in [6.45, 7) is 2.19. The molecule has 3 N–H and O–H groups in total. The van der Waals surface area contributed by atoms with Crippen LogP contribution in [-0.4, -0.2) is 33.5 Å². The summed E-state index contributed by atoms with van der Waals surface area (Å²) in [5, 5.41) is 28.0. The third-order valence-corrected chi connectivity index (χ3v) is 3.46. The Balaban J connectivity index is 3.63. The summed E-state index contributed by atoms with van der Waals surface area (Å²) in [6, 6.07) is 0. The number of carboxylic acid groups (broad SMARTS) is 1. The lowest BCUT2D eigenvalue weighted by Crippen LogP contribution is -2.15. The van der Waals surface area contributed by atoms with Gasteiger partial charge in [-0.25, -0.2) is 0 Å². The molecule has 2 atom stereocenters. The van der Waals surface area contributed by atoms with Gasteiger partial charge in [-0.1, -0.05) is 50.5 Å². The van der Waals surface area contributed by atoms with Crippen molar-refractivity contribution in [1.29, 1.82) is 0 Å². The summed E-state index contributed by atoms with van der Waals surface area (Å²) in [7, 11) is 0. The Morgan fingerprint density at radius 2 is 1.82 bits per heavy atom. The van der Waals surface area contributed by atoms with E-state index >= 15 is 0 Å². The van der Waals surface area contributed by atoms with E-state index in [0.717, 1.165) is 12.8 Å². The third-order valence-electron chi connectivity index (χ3n) is 3.46. The highest BCUT2D eigenvalue weighted by atomic mass is 16.4. The molecule has 0 bridgehead atoms. The summed E-state index contributed by atoms with van der Waals surface area (Å²) >= 11 is 0. The van der Waals surface area contributed by atoms with E-state index in [1.54, 1.807) is 6.08 Å². The molecule has 0 saturated heterocycles. The molecule has 4 heteroatoms. The number of aliphatic hydroxyl groups is 2. The van der Waals surface area contributed by atoms with Gasteiger partial charge >= 0.3 is 5.97 Å². The fraction of sp³-hybridized carbons (Fsp3) is 0.722. The number of rotatable bonds is 14. The SMILES string of the molecule is CCCCC/C=C\C/C=C\[C@H](O)C[C@H](O)CCCCC(=O)O. The molecule has 0 amide bonds. The summed E-state index contributed by atoms with van der Waals surface area (Å²) in [6.07, 6.45) is 14.6. The van der Waals surface area contributed by atoms with Gasteiger partial charge in [0.05, 0.1) is 12.2 Å². The van der Waals surface area contributed by atoms with Crippen LogP contribution in [0.1, 0.15) is 71.1 Å². The predicted octanol–water partition coefficient (Wildman–Crippen LogP) is 3.83. The molecule has 0 rings (SSSR count). The Morgan fingerprint density at radius 1 is 1.05 bits per heavy atom. The van der Waals surface area contributed by atoms with E-state index in [1.807, 2.05) is 6.08 Å².